The van der Waals surface area contributed by atoms with Crippen LogP contribution in [0.2, 0.25) is 5.02 Å². The number of anilines is 1. The molecule has 0 aliphatic heterocycles. The molecule has 0 fully saturated rings. The Morgan fingerprint density at radius 3 is 2.65 bits per heavy atom. The van der Waals surface area contributed by atoms with Gasteiger partial charge in [-0.2, -0.15) is 10.4 Å². The molecule has 4 nitrogen and oxygen atoms in total. The Morgan fingerprint density at radius 1 is 1.41 bits per heavy atom. The Kier molecular flexibility index (Phi) is 2.78. The zero-order valence-electron chi connectivity index (χ0n) is 9.53. The van der Waals surface area contributed by atoms with E-state index >= 15 is 0 Å². The van der Waals surface area contributed by atoms with Gasteiger partial charge in [0.15, 0.2) is 0 Å². The largest absolute Gasteiger partial charge is 0.382 e. The van der Waals surface area contributed by atoms with Crippen LogP contribution < -0.4 is 5.73 Å². The van der Waals surface area contributed by atoms with Crippen LogP contribution in [0.3, 0.4) is 0 Å². The van der Waals surface area contributed by atoms with Gasteiger partial charge in [0.05, 0.1) is 11.4 Å². The van der Waals surface area contributed by atoms with Crippen LogP contribution in [-0.4, -0.2) is 9.78 Å². The van der Waals surface area contributed by atoms with E-state index in [1.807, 2.05) is 19.1 Å². The number of benzene rings is 1. The number of hydrogen-bond acceptors (Lipinski definition) is 3. The molecule has 0 spiro atoms. The van der Waals surface area contributed by atoms with Crippen LogP contribution in [-0.2, 0) is 0 Å². The number of halogens is 1. The third-order valence-electron chi connectivity index (χ3n) is 2.59. The van der Waals surface area contributed by atoms with Gasteiger partial charge < -0.3 is 5.73 Å². The lowest BCUT2D eigenvalue weighted by atomic mass is 10.2. The van der Waals surface area contributed by atoms with Gasteiger partial charge in [-0.1, -0.05) is 11.6 Å². The average molecular weight is 247 g/mol. The molecule has 0 bridgehead atoms. The first-order chi connectivity index (χ1) is 8.04. The maximum atomic E-state index is 8.97. The Hall–Kier alpha value is -1.99. The molecule has 0 aliphatic carbocycles. The highest BCUT2D eigenvalue weighted by Crippen LogP contribution is 2.24. The fraction of sp³-hybridized carbons (Fsp3) is 0.167. The number of nitrogens with zero attached hydrogens (tertiary/aromatic N) is 3. The van der Waals surface area contributed by atoms with E-state index < -0.39 is 0 Å². The minimum atomic E-state index is 0.357. The highest BCUT2D eigenvalue weighted by Gasteiger charge is 2.14. The summed E-state index contributed by atoms with van der Waals surface area (Å²) >= 11 is 5.89. The van der Waals surface area contributed by atoms with Crippen molar-refractivity contribution in [2.45, 2.75) is 13.8 Å². The minimum absolute atomic E-state index is 0.357. The monoisotopic (exact) mass is 246 g/mol. The molecular weight excluding hydrogens is 236 g/mol. The molecule has 17 heavy (non-hydrogen) atoms. The van der Waals surface area contributed by atoms with E-state index in [1.165, 1.54) is 0 Å². The maximum Gasteiger partial charge on any atom is 0.145 e. The van der Waals surface area contributed by atoms with Crippen LogP contribution in [0, 0.1) is 25.2 Å². The predicted molar refractivity (Wildman–Crippen MR) is 67.2 cm³/mol. The lowest BCUT2D eigenvalue weighted by molar-refractivity contribution is 0.865. The third-order valence-corrected chi connectivity index (χ3v) is 2.83. The molecule has 5 heteroatoms. The maximum absolute atomic E-state index is 8.97. The number of nitriles is 1. The number of nitrogens with two attached hydrogens (primary N) is 1. The normalized spacial score (nSPS) is 10.2. The van der Waals surface area contributed by atoms with Crippen molar-refractivity contribution in [2.75, 3.05) is 5.73 Å². The molecule has 0 saturated heterocycles. The standard InChI is InChI=1S/C12H11ClN4/c1-7-5-9(13)3-4-11(7)17-12(15)10(6-14)8(2)16-17/h3-5H,15H2,1-2H3. The molecule has 2 rings (SSSR count). The molecule has 1 heterocycles. The summed E-state index contributed by atoms with van der Waals surface area (Å²) in [6.45, 7) is 3.68. The Bertz CT molecular complexity index is 622. The first kappa shape index (κ1) is 11.5. The molecule has 2 N–H and O–H groups in total. The SMILES string of the molecule is Cc1cc(Cl)ccc1-n1nc(C)c(C#N)c1N. The van der Waals surface area contributed by atoms with Crippen molar-refractivity contribution in [3.63, 3.8) is 0 Å². The molecule has 0 amide bonds. The van der Waals surface area contributed by atoms with Crippen LogP contribution in [0.4, 0.5) is 5.82 Å². The summed E-state index contributed by atoms with van der Waals surface area (Å²) in [7, 11) is 0. The molecule has 0 atom stereocenters. The second-order valence-corrected chi connectivity index (χ2v) is 4.24. The van der Waals surface area contributed by atoms with Crippen LogP contribution in [0.5, 0.6) is 0 Å². The van der Waals surface area contributed by atoms with Crippen LogP contribution >= 0.6 is 11.6 Å². The highest BCUT2D eigenvalue weighted by molar-refractivity contribution is 6.30. The first-order valence-electron chi connectivity index (χ1n) is 5.06. The molecular formula is C12H11ClN4. The molecule has 0 saturated carbocycles. The third kappa shape index (κ3) is 1.85. The minimum Gasteiger partial charge on any atom is -0.382 e. The van der Waals surface area contributed by atoms with Gasteiger partial charge in [0.2, 0.25) is 0 Å². The average Bonchev–Trinajstić information content (AvgIpc) is 2.54. The van der Waals surface area contributed by atoms with Crippen molar-refractivity contribution >= 4 is 17.4 Å². The molecule has 2 aromatic rings. The Balaban J connectivity index is 2.66. The van der Waals surface area contributed by atoms with Crippen LogP contribution in [0.25, 0.3) is 5.69 Å². The molecule has 86 valence electrons. The van der Waals surface area contributed by atoms with E-state index in [4.69, 9.17) is 22.6 Å². The van der Waals surface area contributed by atoms with Gasteiger partial charge in [-0.3, -0.25) is 0 Å². The smallest absolute Gasteiger partial charge is 0.145 e. The van der Waals surface area contributed by atoms with Crippen molar-refractivity contribution in [3.05, 3.63) is 40.0 Å². The number of rotatable bonds is 1. The molecule has 0 radical (unpaired) electrons. The van der Waals surface area contributed by atoms with Crippen LogP contribution in [0.15, 0.2) is 18.2 Å². The lowest BCUT2D eigenvalue weighted by Gasteiger charge is -2.07. The fourth-order valence-corrected chi connectivity index (χ4v) is 1.95. The molecule has 0 aliphatic rings. The van der Waals surface area contributed by atoms with E-state index in [1.54, 1.807) is 17.7 Å². The van der Waals surface area contributed by atoms with Crippen molar-refractivity contribution in [1.82, 2.24) is 9.78 Å². The Morgan fingerprint density at radius 2 is 2.12 bits per heavy atom. The summed E-state index contributed by atoms with van der Waals surface area (Å²) in [4.78, 5) is 0. The second-order valence-electron chi connectivity index (χ2n) is 3.80. The zero-order valence-corrected chi connectivity index (χ0v) is 10.3. The van der Waals surface area contributed by atoms with Gasteiger partial charge in [-0.15, -0.1) is 0 Å². The van der Waals surface area contributed by atoms with Crippen molar-refractivity contribution in [2.24, 2.45) is 0 Å². The van der Waals surface area contributed by atoms with Crippen LogP contribution in [0.1, 0.15) is 16.8 Å². The van der Waals surface area contributed by atoms with Gasteiger partial charge >= 0.3 is 0 Å². The van der Waals surface area contributed by atoms with Crippen molar-refractivity contribution in [1.29, 1.82) is 5.26 Å². The van der Waals surface area contributed by atoms with Gasteiger partial charge in [0, 0.05) is 5.02 Å². The van der Waals surface area contributed by atoms with Gasteiger partial charge in [-0.25, -0.2) is 4.68 Å². The zero-order chi connectivity index (χ0) is 12.6. The van der Waals surface area contributed by atoms with Gasteiger partial charge in [0.1, 0.15) is 17.5 Å². The van der Waals surface area contributed by atoms with E-state index in [2.05, 4.69) is 11.2 Å². The lowest BCUT2D eigenvalue weighted by Crippen LogP contribution is -2.04. The number of nitrogen functional groups attached to an aromatic ring is 1. The van der Waals surface area contributed by atoms with E-state index in [9.17, 15) is 0 Å². The van der Waals surface area contributed by atoms with E-state index in [0.29, 0.717) is 22.1 Å². The van der Waals surface area contributed by atoms with Crippen molar-refractivity contribution < 1.29 is 0 Å². The second kappa shape index (κ2) is 4.11. The topological polar surface area (TPSA) is 67.6 Å². The van der Waals surface area contributed by atoms with E-state index in [0.717, 1.165) is 11.3 Å². The molecule has 1 aromatic carbocycles. The fourth-order valence-electron chi connectivity index (χ4n) is 1.72. The summed E-state index contributed by atoms with van der Waals surface area (Å²) < 4.78 is 1.57. The van der Waals surface area contributed by atoms with E-state index in [-0.39, 0.29) is 0 Å². The number of aromatic nitrogens is 2. The van der Waals surface area contributed by atoms with Gasteiger partial charge in [0.25, 0.3) is 0 Å². The van der Waals surface area contributed by atoms with Crippen molar-refractivity contribution in [3.8, 4) is 11.8 Å². The summed E-state index contributed by atoms with van der Waals surface area (Å²) in [5.41, 5.74) is 8.72. The molecule has 0 unspecified atom stereocenters. The summed E-state index contributed by atoms with van der Waals surface area (Å²) in [6.07, 6.45) is 0. The first-order valence-corrected chi connectivity index (χ1v) is 5.44. The highest BCUT2D eigenvalue weighted by atomic mass is 35.5. The summed E-state index contributed by atoms with van der Waals surface area (Å²) in [5.74, 6) is 0.357. The quantitative estimate of drug-likeness (QED) is 0.841. The number of aryl methyl sites for hydroxylation is 2. The Labute approximate surface area is 104 Å². The predicted octanol–water partition coefficient (Wildman–Crippen LogP) is 2.60. The molecule has 1 aromatic heterocycles. The van der Waals surface area contributed by atoms with Gasteiger partial charge in [-0.05, 0) is 37.6 Å². The number of hydrogen-bond donors (Lipinski definition) is 1. The summed E-state index contributed by atoms with van der Waals surface area (Å²) in [6, 6.07) is 7.49. The summed E-state index contributed by atoms with van der Waals surface area (Å²) in [5, 5.41) is 13.9.